The molecule has 1 fully saturated rings. The first kappa shape index (κ1) is 20.1. The molecule has 0 spiro atoms. The molecule has 0 N–H and O–H groups in total. The zero-order chi connectivity index (χ0) is 20.1. The molecule has 2 aromatic rings. The van der Waals surface area contributed by atoms with Gasteiger partial charge in [-0.3, -0.25) is 9.59 Å². The van der Waals surface area contributed by atoms with E-state index in [2.05, 4.69) is 10.9 Å². The van der Waals surface area contributed by atoms with Crippen LogP contribution in [0.15, 0.2) is 35.8 Å². The van der Waals surface area contributed by atoms with E-state index in [0.717, 1.165) is 16.1 Å². The Kier molecular flexibility index (Phi) is 6.48. The number of thiazole rings is 1. The molecule has 0 aliphatic carbocycles. The molecule has 0 saturated carbocycles. The largest absolute Gasteiger partial charge is 0.339 e. The number of carbonyl (C=O) groups is 2. The van der Waals surface area contributed by atoms with Crippen LogP contribution in [0.3, 0.4) is 0 Å². The zero-order valence-electron chi connectivity index (χ0n) is 16.3. The quantitative estimate of drug-likeness (QED) is 0.731. The van der Waals surface area contributed by atoms with Crippen LogP contribution in [0.25, 0.3) is 11.3 Å². The molecule has 1 aromatic heterocycles. The number of nitrogens with zero attached hydrogens (tertiary/aromatic N) is 3. The van der Waals surface area contributed by atoms with Gasteiger partial charge in [0.05, 0.1) is 17.6 Å². The van der Waals surface area contributed by atoms with Crippen LogP contribution in [-0.2, 0) is 16.0 Å². The maximum atomic E-state index is 12.9. The van der Waals surface area contributed by atoms with Crippen LogP contribution in [0.5, 0.6) is 0 Å². The van der Waals surface area contributed by atoms with Crippen molar-refractivity contribution in [3.8, 4) is 23.6 Å². The molecule has 1 unspecified atom stereocenters. The molecule has 1 aliphatic heterocycles. The predicted octanol–water partition coefficient (Wildman–Crippen LogP) is 3.07. The Morgan fingerprint density at radius 3 is 2.75 bits per heavy atom. The third-order valence-electron chi connectivity index (χ3n) is 5.11. The molecule has 2 amide bonds. The Labute approximate surface area is 170 Å². The third-order valence-corrected chi connectivity index (χ3v) is 5.94. The number of hydrogen-bond donors (Lipinski definition) is 0. The average molecular weight is 396 g/mol. The van der Waals surface area contributed by atoms with Crippen molar-refractivity contribution in [3.63, 3.8) is 0 Å². The van der Waals surface area contributed by atoms with Crippen LogP contribution in [0.2, 0.25) is 0 Å². The van der Waals surface area contributed by atoms with Crippen molar-refractivity contribution in [2.75, 3.05) is 19.6 Å². The van der Waals surface area contributed by atoms with Gasteiger partial charge in [-0.05, 0) is 6.92 Å². The summed E-state index contributed by atoms with van der Waals surface area (Å²) in [5.74, 6) is 2.53. The fourth-order valence-electron chi connectivity index (χ4n) is 3.54. The number of rotatable bonds is 5. The molecule has 146 valence electrons. The van der Waals surface area contributed by atoms with E-state index in [1.807, 2.05) is 54.0 Å². The second kappa shape index (κ2) is 9.03. The molecule has 2 atom stereocenters. The summed E-state index contributed by atoms with van der Waals surface area (Å²) in [7, 11) is 0. The normalized spacial score (nSPS) is 17.8. The Morgan fingerprint density at radius 1 is 1.32 bits per heavy atom. The first-order valence-corrected chi connectivity index (χ1v) is 10.4. The van der Waals surface area contributed by atoms with Crippen LogP contribution in [0.4, 0.5) is 0 Å². The number of piperazine rings is 1. The highest BCUT2D eigenvalue weighted by Gasteiger charge is 2.31. The summed E-state index contributed by atoms with van der Waals surface area (Å²) in [5, 5.41) is 0. The fraction of sp³-hybridized carbons (Fsp3) is 0.409. The van der Waals surface area contributed by atoms with Gasteiger partial charge in [-0.15, -0.1) is 23.7 Å². The highest BCUT2D eigenvalue weighted by Crippen LogP contribution is 2.26. The molecule has 5 nitrogen and oxygen atoms in total. The maximum Gasteiger partial charge on any atom is 0.228 e. The molecule has 1 aliphatic rings. The standard InChI is InChI=1S/C22H25N3O2S/c1-4-8-16(2)22(27)25-12-11-24(14-17(25)3)20(26)13-19-21(23-15-28-19)18-9-6-5-7-10-18/h1,5-7,9-10,15-17H,8,11-14H2,2-3H3/t16-,17?/m1/s1. The molecule has 0 bridgehead atoms. The van der Waals surface area contributed by atoms with Gasteiger partial charge in [0.1, 0.15) is 0 Å². The van der Waals surface area contributed by atoms with Crippen molar-refractivity contribution >= 4 is 23.2 Å². The molecule has 1 saturated heterocycles. The van der Waals surface area contributed by atoms with E-state index >= 15 is 0 Å². The lowest BCUT2D eigenvalue weighted by molar-refractivity contribution is -0.144. The van der Waals surface area contributed by atoms with E-state index in [1.165, 1.54) is 11.3 Å². The van der Waals surface area contributed by atoms with Gasteiger partial charge in [0, 0.05) is 48.5 Å². The minimum Gasteiger partial charge on any atom is -0.339 e. The molecule has 1 aromatic carbocycles. The summed E-state index contributed by atoms with van der Waals surface area (Å²) in [6, 6.07) is 9.91. The van der Waals surface area contributed by atoms with Crippen molar-refractivity contribution in [1.82, 2.24) is 14.8 Å². The van der Waals surface area contributed by atoms with Crippen molar-refractivity contribution in [1.29, 1.82) is 0 Å². The summed E-state index contributed by atoms with van der Waals surface area (Å²) in [6.45, 7) is 5.50. The van der Waals surface area contributed by atoms with Crippen LogP contribution in [0, 0.1) is 18.3 Å². The second-order valence-electron chi connectivity index (χ2n) is 7.20. The maximum absolute atomic E-state index is 12.9. The van der Waals surface area contributed by atoms with E-state index in [1.54, 1.807) is 5.51 Å². The Bertz CT molecular complexity index is 871. The lowest BCUT2D eigenvalue weighted by Gasteiger charge is -2.40. The monoisotopic (exact) mass is 395 g/mol. The summed E-state index contributed by atoms with van der Waals surface area (Å²) in [5.41, 5.74) is 3.69. The van der Waals surface area contributed by atoms with Gasteiger partial charge in [0.2, 0.25) is 11.8 Å². The highest BCUT2D eigenvalue weighted by molar-refractivity contribution is 7.10. The Hall–Kier alpha value is -2.65. The number of carbonyl (C=O) groups excluding carboxylic acids is 2. The van der Waals surface area contributed by atoms with Gasteiger partial charge in [0.25, 0.3) is 0 Å². The second-order valence-corrected chi connectivity index (χ2v) is 8.14. The minimum atomic E-state index is -0.180. The lowest BCUT2D eigenvalue weighted by atomic mass is 10.0. The van der Waals surface area contributed by atoms with Gasteiger partial charge in [0.15, 0.2) is 0 Å². The topological polar surface area (TPSA) is 53.5 Å². The van der Waals surface area contributed by atoms with Gasteiger partial charge in [-0.25, -0.2) is 4.98 Å². The van der Waals surface area contributed by atoms with Crippen LogP contribution in [0.1, 0.15) is 25.1 Å². The van der Waals surface area contributed by atoms with E-state index in [9.17, 15) is 9.59 Å². The number of terminal acetylenes is 1. The van der Waals surface area contributed by atoms with Crippen LogP contribution >= 0.6 is 11.3 Å². The summed E-state index contributed by atoms with van der Waals surface area (Å²) in [6.07, 6.45) is 6.11. The first-order chi connectivity index (χ1) is 13.5. The van der Waals surface area contributed by atoms with Crippen molar-refractivity contribution in [2.24, 2.45) is 5.92 Å². The van der Waals surface area contributed by atoms with Crippen molar-refractivity contribution in [3.05, 3.63) is 40.7 Å². The van der Waals surface area contributed by atoms with Gasteiger partial charge in [-0.2, -0.15) is 0 Å². The number of benzene rings is 1. The van der Waals surface area contributed by atoms with E-state index in [4.69, 9.17) is 6.42 Å². The first-order valence-electron chi connectivity index (χ1n) is 9.50. The molecule has 3 rings (SSSR count). The summed E-state index contributed by atoms with van der Waals surface area (Å²) < 4.78 is 0. The molecule has 28 heavy (non-hydrogen) atoms. The van der Waals surface area contributed by atoms with Crippen LogP contribution in [-0.4, -0.2) is 52.3 Å². The molecule has 6 heteroatoms. The lowest BCUT2D eigenvalue weighted by Crippen LogP contribution is -2.56. The van der Waals surface area contributed by atoms with Gasteiger partial charge >= 0.3 is 0 Å². The number of amides is 2. The predicted molar refractivity (Wildman–Crippen MR) is 112 cm³/mol. The molecular weight excluding hydrogens is 370 g/mol. The van der Waals surface area contributed by atoms with Crippen molar-refractivity contribution in [2.45, 2.75) is 32.7 Å². The number of aromatic nitrogens is 1. The molecule has 0 radical (unpaired) electrons. The summed E-state index contributed by atoms with van der Waals surface area (Å²) in [4.78, 5) is 34.6. The average Bonchev–Trinajstić information content (AvgIpc) is 3.16. The smallest absolute Gasteiger partial charge is 0.228 e. The van der Waals surface area contributed by atoms with Gasteiger partial charge < -0.3 is 9.80 Å². The molecular formula is C22H25N3O2S. The zero-order valence-corrected chi connectivity index (χ0v) is 17.1. The van der Waals surface area contributed by atoms with E-state index < -0.39 is 0 Å². The fourth-order valence-corrected chi connectivity index (χ4v) is 4.31. The summed E-state index contributed by atoms with van der Waals surface area (Å²) >= 11 is 1.51. The van der Waals surface area contributed by atoms with Crippen LogP contribution < -0.4 is 0 Å². The number of hydrogen-bond acceptors (Lipinski definition) is 4. The van der Waals surface area contributed by atoms with E-state index in [-0.39, 0.29) is 23.8 Å². The Morgan fingerprint density at radius 2 is 2.07 bits per heavy atom. The molecule has 2 heterocycles. The van der Waals surface area contributed by atoms with E-state index in [0.29, 0.717) is 32.5 Å². The van der Waals surface area contributed by atoms with Crippen molar-refractivity contribution < 1.29 is 9.59 Å². The SMILES string of the molecule is C#CC[C@@H](C)C(=O)N1CCN(C(=O)Cc2scnc2-c2ccccc2)CC1C. The minimum absolute atomic E-state index is 0.0134. The third kappa shape index (κ3) is 4.42. The van der Waals surface area contributed by atoms with Gasteiger partial charge in [-0.1, -0.05) is 37.3 Å². The Balaban J connectivity index is 1.63. The highest BCUT2D eigenvalue weighted by atomic mass is 32.1.